The lowest BCUT2D eigenvalue weighted by Gasteiger charge is -2.25. The lowest BCUT2D eigenvalue weighted by molar-refractivity contribution is -0.132. The van der Waals surface area contributed by atoms with Crippen LogP contribution in [0.2, 0.25) is 10.0 Å². The fourth-order valence-corrected chi connectivity index (χ4v) is 4.04. The molecule has 0 aromatic heterocycles. The second kappa shape index (κ2) is 6.38. The molecule has 0 bridgehead atoms. The molecule has 1 heterocycles. The summed E-state index contributed by atoms with van der Waals surface area (Å²) >= 11 is 13.9. The largest absolute Gasteiger partial charge is 0.326 e. The van der Waals surface area contributed by atoms with E-state index in [1.807, 2.05) is 17.0 Å². The number of halogens is 2. The molecular weight excluding hydrogens is 301 g/mol. The smallest absolute Gasteiger partial charge is 0.224 e. The minimum absolute atomic E-state index is 0.0241. The normalized spacial score (nSPS) is 19.2. The van der Waals surface area contributed by atoms with Crippen LogP contribution in [-0.4, -0.2) is 23.1 Å². The molecule has 1 aliphatic heterocycles. The van der Waals surface area contributed by atoms with Crippen LogP contribution in [0.15, 0.2) is 18.2 Å². The van der Waals surface area contributed by atoms with Crippen molar-refractivity contribution in [3.05, 3.63) is 33.8 Å². The first-order chi connectivity index (χ1) is 8.99. The molecule has 1 fully saturated rings. The highest BCUT2D eigenvalue weighted by Gasteiger charge is 2.31. The van der Waals surface area contributed by atoms with E-state index in [0.717, 1.165) is 17.9 Å². The van der Waals surface area contributed by atoms with Crippen LogP contribution in [-0.2, 0) is 4.79 Å². The van der Waals surface area contributed by atoms with Gasteiger partial charge in [0.1, 0.15) is 5.37 Å². The van der Waals surface area contributed by atoms with Gasteiger partial charge < -0.3 is 4.90 Å². The second-order valence-electron chi connectivity index (χ2n) is 5.07. The lowest BCUT2D eigenvalue weighted by atomic mass is 10.1. The third-order valence-electron chi connectivity index (χ3n) is 3.02. The Morgan fingerprint density at radius 1 is 1.47 bits per heavy atom. The molecule has 1 aliphatic rings. The van der Waals surface area contributed by atoms with Crippen LogP contribution in [0.5, 0.6) is 0 Å². The fraction of sp³-hybridized carbons (Fsp3) is 0.500. The molecule has 2 rings (SSSR count). The summed E-state index contributed by atoms with van der Waals surface area (Å²) in [7, 11) is 0. The summed E-state index contributed by atoms with van der Waals surface area (Å²) in [5.74, 6) is 1.53. The van der Waals surface area contributed by atoms with Crippen molar-refractivity contribution in [3.63, 3.8) is 0 Å². The predicted octanol–water partition coefficient (Wildman–Crippen LogP) is 4.61. The molecule has 19 heavy (non-hydrogen) atoms. The third-order valence-corrected chi connectivity index (χ3v) is 4.83. The van der Waals surface area contributed by atoms with Gasteiger partial charge in [0, 0.05) is 34.3 Å². The maximum Gasteiger partial charge on any atom is 0.224 e. The SMILES string of the molecule is CC(C)CC(=O)N1CCS[C@H]1c1ccc(Cl)cc1Cl. The molecule has 0 saturated carbocycles. The van der Waals surface area contributed by atoms with Crippen molar-refractivity contribution in [2.75, 3.05) is 12.3 Å². The summed E-state index contributed by atoms with van der Waals surface area (Å²) < 4.78 is 0. The standard InChI is InChI=1S/C14H17Cl2NOS/c1-9(2)7-13(18)17-5-6-19-14(17)11-4-3-10(15)8-12(11)16/h3-4,8-9,14H,5-7H2,1-2H3/t14-/m0/s1. The Morgan fingerprint density at radius 3 is 2.84 bits per heavy atom. The van der Waals surface area contributed by atoms with Crippen molar-refractivity contribution in [2.24, 2.45) is 5.92 Å². The van der Waals surface area contributed by atoms with E-state index >= 15 is 0 Å². The molecule has 2 nitrogen and oxygen atoms in total. The number of benzene rings is 1. The maximum atomic E-state index is 12.3. The minimum Gasteiger partial charge on any atom is -0.326 e. The average Bonchev–Trinajstić information content (AvgIpc) is 2.76. The topological polar surface area (TPSA) is 20.3 Å². The van der Waals surface area contributed by atoms with Gasteiger partial charge in [0.25, 0.3) is 0 Å². The van der Waals surface area contributed by atoms with E-state index in [0.29, 0.717) is 22.4 Å². The summed E-state index contributed by atoms with van der Waals surface area (Å²) in [6, 6.07) is 5.48. The summed E-state index contributed by atoms with van der Waals surface area (Å²) in [5.41, 5.74) is 0.977. The first-order valence-electron chi connectivity index (χ1n) is 6.35. The van der Waals surface area contributed by atoms with Gasteiger partial charge in [-0.1, -0.05) is 43.1 Å². The van der Waals surface area contributed by atoms with Crippen LogP contribution in [0.25, 0.3) is 0 Å². The van der Waals surface area contributed by atoms with Crippen LogP contribution < -0.4 is 0 Å². The fourth-order valence-electron chi connectivity index (χ4n) is 2.15. The molecule has 1 atom stereocenters. The molecule has 1 saturated heterocycles. The molecule has 0 N–H and O–H groups in total. The highest BCUT2D eigenvalue weighted by molar-refractivity contribution is 7.99. The number of hydrogen-bond acceptors (Lipinski definition) is 2. The zero-order valence-electron chi connectivity index (χ0n) is 11.0. The summed E-state index contributed by atoms with van der Waals surface area (Å²) in [4.78, 5) is 14.2. The molecule has 5 heteroatoms. The van der Waals surface area contributed by atoms with Crippen LogP contribution in [0.3, 0.4) is 0 Å². The maximum absolute atomic E-state index is 12.3. The van der Waals surface area contributed by atoms with E-state index in [9.17, 15) is 4.79 Å². The molecular formula is C14H17Cl2NOS. The number of carbonyl (C=O) groups excluding carboxylic acids is 1. The summed E-state index contributed by atoms with van der Waals surface area (Å²) in [6.45, 7) is 4.91. The Bertz CT molecular complexity index is 479. The predicted molar refractivity (Wildman–Crippen MR) is 82.8 cm³/mol. The first-order valence-corrected chi connectivity index (χ1v) is 8.15. The van der Waals surface area contributed by atoms with Gasteiger partial charge in [-0.3, -0.25) is 4.79 Å². The van der Waals surface area contributed by atoms with E-state index < -0.39 is 0 Å². The first kappa shape index (κ1) is 15.0. The van der Waals surface area contributed by atoms with Crippen molar-refractivity contribution in [1.29, 1.82) is 0 Å². The molecule has 0 spiro atoms. The molecule has 0 unspecified atom stereocenters. The van der Waals surface area contributed by atoms with Crippen LogP contribution in [0.4, 0.5) is 0 Å². The molecule has 1 aromatic carbocycles. The van der Waals surface area contributed by atoms with Crippen LogP contribution in [0, 0.1) is 5.92 Å². The summed E-state index contributed by atoms with van der Waals surface area (Å²) in [6.07, 6.45) is 0.586. The number of amides is 1. The van der Waals surface area contributed by atoms with E-state index in [1.54, 1.807) is 17.8 Å². The van der Waals surface area contributed by atoms with Crippen LogP contribution >= 0.6 is 35.0 Å². The molecule has 0 radical (unpaired) electrons. The highest BCUT2D eigenvalue weighted by atomic mass is 35.5. The van der Waals surface area contributed by atoms with Crippen molar-refractivity contribution in [3.8, 4) is 0 Å². The lowest BCUT2D eigenvalue weighted by Crippen LogP contribution is -2.31. The number of carbonyl (C=O) groups is 1. The van der Waals surface area contributed by atoms with E-state index in [4.69, 9.17) is 23.2 Å². The van der Waals surface area contributed by atoms with Gasteiger partial charge in [0.05, 0.1) is 0 Å². The Kier molecular flexibility index (Phi) is 5.04. The number of hydrogen-bond donors (Lipinski definition) is 0. The van der Waals surface area contributed by atoms with Crippen molar-refractivity contribution in [2.45, 2.75) is 25.6 Å². The second-order valence-corrected chi connectivity index (χ2v) is 7.11. The highest BCUT2D eigenvalue weighted by Crippen LogP contribution is 2.41. The van der Waals surface area contributed by atoms with Gasteiger partial charge >= 0.3 is 0 Å². The molecule has 0 aliphatic carbocycles. The van der Waals surface area contributed by atoms with Gasteiger partial charge in [-0.05, 0) is 18.1 Å². The third kappa shape index (κ3) is 3.59. The average molecular weight is 318 g/mol. The van der Waals surface area contributed by atoms with Crippen molar-refractivity contribution in [1.82, 2.24) is 4.90 Å². The molecule has 104 valence electrons. The molecule has 1 aromatic rings. The van der Waals surface area contributed by atoms with E-state index in [-0.39, 0.29) is 11.3 Å². The van der Waals surface area contributed by atoms with Crippen molar-refractivity contribution >= 4 is 40.9 Å². The van der Waals surface area contributed by atoms with Gasteiger partial charge in [-0.15, -0.1) is 11.8 Å². The van der Waals surface area contributed by atoms with Gasteiger partial charge in [-0.25, -0.2) is 0 Å². The Hall–Kier alpha value is -0.380. The minimum atomic E-state index is 0.0241. The number of rotatable bonds is 3. The Morgan fingerprint density at radius 2 is 2.21 bits per heavy atom. The number of nitrogens with zero attached hydrogens (tertiary/aromatic N) is 1. The van der Waals surface area contributed by atoms with Gasteiger partial charge in [-0.2, -0.15) is 0 Å². The van der Waals surface area contributed by atoms with E-state index in [1.165, 1.54) is 0 Å². The van der Waals surface area contributed by atoms with Gasteiger partial charge in [0.15, 0.2) is 0 Å². The monoisotopic (exact) mass is 317 g/mol. The van der Waals surface area contributed by atoms with Crippen molar-refractivity contribution < 1.29 is 4.79 Å². The quantitative estimate of drug-likeness (QED) is 0.811. The van der Waals surface area contributed by atoms with Crippen LogP contribution in [0.1, 0.15) is 31.2 Å². The Labute approximate surface area is 128 Å². The van der Waals surface area contributed by atoms with Gasteiger partial charge in [0.2, 0.25) is 5.91 Å². The Balaban J connectivity index is 2.20. The number of thioether (sulfide) groups is 1. The zero-order valence-corrected chi connectivity index (χ0v) is 13.4. The summed E-state index contributed by atoms with van der Waals surface area (Å²) in [5, 5.41) is 1.28. The zero-order chi connectivity index (χ0) is 14.0. The van der Waals surface area contributed by atoms with E-state index in [2.05, 4.69) is 13.8 Å². The molecule has 1 amide bonds.